The van der Waals surface area contributed by atoms with Crippen LogP contribution in [0.2, 0.25) is 0 Å². The average Bonchev–Trinajstić information content (AvgIpc) is 2.68. The van der Waals surface area contributed by atoms with Crippen LogP contribution >= 0.6 is 0 Å². The molecular formula is C20H25N5O4S. The van der Waals surface area contributed by atoms with E-state index in [1.54, 1.807) is 6.07 Å². The fourth-order valence-electron chi connectivity index (χ4n) is 3.44. The van der Waals surface area contributed by atoms with Crippen LogP contribution in [0.1, 0.15) is 37.7 Å². The van der Waals surface area contributed by atoms with Crippen molar-refractivity contribution < 1.29 is 13.3 Å². The predicted molar refractivity (Wildman–Crippen MR) is 114 cm³/mol. The molecule has 1 aromatic carbocycles. The van der Waals surface area contributed by atoms with Crippen LogP contribution in [0.5, 0.6) is 0 Å². The molecule has 1 heterocycles. The minimum atomic E-state index is -4.13. The number of pyridine rings is 1. The van der Waals surface area contributed by atoms with E-state index < -0.39 is 14.9 Å². The third-order valence-corrected chi connectivity index (χ3v) is 6.21. The van der Waals surface area contributed by atoms with Crippen molar-refractivity contribution in [3.05, 3.63) is 70.4 Å². The van der Waals surface area contributed by atoms with E-state index in [9.17, 15) is 18.5 Å². The second-order valence-electron chi connectivity index (χ2n) is 7.28. The lowest BCUT2D eigenvalue weighted by Crippen LogP contribution is -2.39. The Balaban J connectivity index is 1.85. The maximum atomic E-state index is 13.0. The maximum absolute atomic E-state index is 13.0. The van der Waals surface area contributed by atoms with Crippen LogP contribution < -0.4 is 15.4 Å². The van der Waals surface area contributed by atoms with Crippen LogP contribution in [-0.2, 0) is 10.0 Å². The molecule has 9 nitrogen and oxygen atoms in total. The first-order chi connectivity index (χ1) is 14.3. The molecule has 1 aromatic heterocycles. The van der Waals surface area contributed by atoms with Gasteiger partial charge in [-0.05, 0) is 43.5 Å². The van der Waals surface area contributed by atoms with Gasteiger partial charge in [-0.25, -0.2) is 8.42 Å². The van der Waals surface area contributed by atoms with E-state index in [2.05, 4.69) is 20.3 Å². The summed E-state index contributed by atoms with van der Waals surface area (Å²) in [5, 5.41) is 17.1. The molecule has 160 valence electrons. The molecule has 3 N–H and O–H groups in total. The number of nitrogens with one attached hydrogen (secondary N) is 3. The highest BCUT2D eigenvalue weighted by Gasteiger charge is 2.24. The van der Waals surface area contributed by atoms with Crippen molar-refractivity contribution in [2.24, 2.45) is 0 Å². The Kier molecular flexibility index (Phi) is 6.88. The van der Waals surface area contributed by atoms with Crippen molar-refractivity contribution >= 4 is 21.4 Å². The zero-order valence-corrected chi connectivity index (χ0v) is 17.5. The fraction of sp³-hybridized carbons (Fsp3) is 0.350. The smallest absolute Gasteiger partial charge is 0.275 e. The van der Waals surface area contributed by atoms with Crippen LogP contribution in [0.3, 0.4) is 0 Å². The zero-order chi connectivity index (χ0) is 21.6. The number of anilines is 2. The highest BCUT2D eigenvalue weighted by molar-refractivity contribution is 7.89. The molecule has 0 bridgehead atoms. The van der Waals surface area contributed by atoms with E-state index >= 15 is 0 Å². The van der Waals surface area contributed by atoms with Gasteiger partial charge < -0.3 is 10.6 Å². The largest absolute Gasteiger partial charge is 0.363 e. The van der Waals surface area contributed by atoms with E-state index in [1.807, 2.05) is 31.2 Å². The van der Waals surface area contributed by atoms with Crippen molar-refractivity contribution in [1.29, 1.82) is 0 Å². The zero-order valence-electron chi connectivity index (χ0n) is 16.7. The SMILES string of the molecule is Cc1cccc(Nc2ccncc2S(=O)(=O)N/C(=C/[N+](=O)[O-])NC2CCCCC2)c1. The normalized spacial score (nSPS) is 15.4. The monoisotopic (exact) mass is 431 g/mol. The molecule has 0 unspecified atom stereocenters. The summed E-state index contributed by atoms with van der Waals surface area (Å²) >= 11 is 0. The molecule has 30 heavy (non-hydrogen) atoms. The lowest BCUT2D eigenvalue weighted by molar-refractivity contribution is -0.404. The van der Waals surface area contributed by atoms with Gasteiger partial charge in [0.05, 0.1) is 10.6 Å². The summed E-state index contributed by atoms with van der Waals surface area (Å²) in [7, 11) is -4.13. The van der Waals surface area contributed by atoms with E-state index in [0.717, 1.165) is 43.4 Å². The summed E-state index contributed by atoms with van der Waals surface area (Å²) in [4.78, 5) is 14.2. The molecule has 3 rings (SSSR count). The second-order valence-corrected chi connectivity index (χ2v) is 8.93. The van der Waals surface area contributed by atoms with E-state index in [1.165, 1.54) is 12.4 Å². The number of nitrogens with zero attached hydrogens (tertiary/aromatic N) is 2. The van der Waals surface area contributed by atoms with E-state index in [-0.39, 0.29) is 16.8 Å². The third kappa shape index (κ3) is 5.93. The summed E-state index contributed by atoms with van der Waals surface area (Å²) in [6.07, 6.45) is 8.13. The van der Waals surface area contributed by atoms with Gasteiger partial charge in [-0.1, -0.05) is 31.4 Å². The summed E-state index contributed by atoms with van der Waals surface area (Å²) in [6, 6.07) is 9.03. The molecule has 1 aliphatic rings. The molecule has 1 saturated carbocycles. The van der Waals surface area contributed by atoms with Crippen molar-refractivity contribution in [2.45, 2.75) is 50.0 Å². The van der Waals surface area contributed by atoms with Crippen molar-refractivity contribution in [3.8, 4) is 0 Å². The molecule has 0 amide bonds. The number of aryl methyl sites for hydroxylation is 1. The van der Waals surface area contributed by atoms with Gasteiger partial charge in [0.1, 0.15) is 4.90 Å². The van der Waals surface area contributed by atoms with E-state index in [0.29, 0.717) is 11.9 Å². The topological polar surface area (TPSA) is 126 Å². The average molecular weight is 432 g/mol. The number of hydrogen-bond acceptors (Lipinski definition) is 7. The third-order valence-electron chi connectivity index (χ3n) is 4.81. The Morgan fingerprint density at radius 1 is 1.23 bits per heavy atom. The molecule has 1 aliphatic carbocycles. The minimum Gasteiger partial charge on any atom is -0.363 e. The summed E-state index contributed by atoms with van der Waals surface area (Å²) in [5.41, 5.74) is 2.06. The molecule has 1 fully saturated rings. The standard InChI is InChI=1S/C20H25N5O4S/c1-15-6-5-9-17(12-15)22-18-10-11-21-13-19(18)30(28,29)24-20(14-25(26)27)23-16-7-3-2-4-8-16/h5-6,9-14,16,23-24H,2-4,7-8H2,1H3,(H,21,22)/b20-14+. The quantitative estimate of drug-likeness (QED) is 0.432. The predicted octanol–water partition coefficient (Wildman–Crippen LogP) is 3.41. The molecule has 2 aromatic rings. The van der Waals surface area contributed by atoms with Crippen LogP contribution in [0, 0.1) is 17.0 Å². The van der Waals surface area contributed by atoms with Gasteiger partial charge in [-0.15, -0.1) is 0 Å². The highest BCUT2D eigenvalue weighted by Crippen LogP contribution is 2.25. The van der Waals surface area contributed by atoms with Crippen molar-refractivity contribution in [2.75, 3.05) is 5.32 Å². The minimum absolute atomic E-state index is 0.00793. The fourth-order valence-corrected chi connectivity index (χ4v) is 4.56. The molecule has 0 aliphatic heterocycles. The summed E-state index contributed by atoms with van der Waals surface area (Å²) < 4.78 is 28.4. The van der Waals surface area contributed by atoms with Gasteiger partial charge in [0.2, 0.25) is 0 Å². The first-order valence-electron chi connectivity index (χ1n) is 9.76. The van der Waals surface area contributed by atoms with Gasteiger partial charge in [-0.2, -0.15) is 0 Å². The van der Waals surface area contributed by atoms with Gasteiger partial charge in [-0.3, -0.25) is 19.8 Å². The van der Waals surface area contributed by atoms with E-state index in [4.69, 9.17) is 0 Å². The number of hydrogen-bond donors (Lipinski definition) is 3. The number of sulfonamides is 1. The Labute approximate surface area is 175 Å². The maximum Gasteiger partial charge on any atom is 0.275 e. The van der Waals surface area contributed by atoms with Crippen molar-refractivity contribution in [1.82, 2.24) is 15.0 Å². The number of aromatic nitrogens is 1. The summed E-state index contributed by atoms with van der Waals surface area (Å²) in [6.45, 7) is 1.93. The molecular weight excluding hydrogens is 406 g/mol. The molecule has 0 saturated heterocycles. The lowest BCUT2D eigenvalue weighted by atomic mass is 9.96. The van der Waals surface area contributed by atoms with Crippen LogP contribution in [-0.4, -0.2) is 24.4 Å². The van der Waals surface area contributed by atoms with Gasteiger partial charge >= 0.3 is 0 Å². The van der Waals surface area contributed by atoms with Crippen LogP contribution in [0.4, 0.5) is 11.4 Å². The first-order valence-corrected chi connectivity index (χ1v) is 11.2. The molecule has 10 heteroatoms. The number of nitro groups is 1. The second kappa shape index (κ2) is 9.57. The van der Waals surface area contributed by atoms with Crippen LogP contribution in [0.25, 0.3) is 0 Å². The Hall–Kier alpha value is -3.14. The van der Waals surface area contributed by atoms with Gasteiger partial charge in [0.15, 0.2) is 5.82 Å². The van der Waals surface area contributed by atoms with Gasteiger partial charge in [0.25, 0.3) is 16.2 Å². The molecule has 0 atom stereocenters. The lowest BCUT2D eigenvalue weighted by Gasteiger charge is -2.24. The van der Waals surface area contributed by atoms with Gasteiger partial charge in [0, 0.05) is 24.1 Å². The van der Waals surface area contributed by atoms with Crippen molar-refractivity contribution in [3.63, 3.8) is 0 Å². The Morgan fingerprint density at radius 3 is 2.70 bits per heavy atom. The highest BCUT2D eigenvalue weighted by atomic mass is 32.2. The number of rotatable bonds is 8. The molecule has 0 radical (unpaired) electrons. The number of benzene rings is 1. The van der Waals surface area contributed by atoms with Crippen LogP contribution in [0.15, 0.2) is 59.6 Å². The Bertz CT molecular complexity index is 1030. The molecule has 0 spiro atoms. The first kappa shape index (κ1) is 21.6. The summed E-state index contributed by atoms with van der Waals surface area (Å²) in [5.74, 6) is -0.155. The Morgan fingerprint density at radius 2 is 2.00 bits per heavy atom.